The highest BCUT2D eigenvalue weighted by molar-refractivity contribution is 6.35. The number of carboxylic acids is 1. The largest absolute Gasteiger partial charge is 0.480 e. The molecular weight excluding hydrogens is 293 g/mol. The maximum Gasteiger partial charge on any atom is 0.329 e. The van der Waals surface area contributed by atoms with Gasteiger partial charge >= 0.3 is 11.9 Å². The Kier molecular flexibility index (Phi) is 5.03. The number of carbonyl (C=O) groups excluding carboxylic acids is 1. The molecule has 0 aliphatic heterocycles. The van der Waals surface area contributed by atoms with Gasteiger partial charge in [0.1, 0.15) is 5.54 Å². The Hall–Kier alpha value is -1.46. The Morgan fingerprint density at radius 1 is 1.32 bits per heavy atom. The van der Waals surface area contributed by atoms with Crippen molar-refractivity contribution < 1.29 is 19.4 Å². The lowest BCUT2D eigenvalue weighted by Crippen LogP contribution is -2.45. The van der Waals surface area contributed by atoms with Crippen molar-refractivity contribution in [2.24, 2.45) is 0 Å². The molecule has 1 rings (SSSR count). The second-order valence-electron chi connectivity index (χ2n) is 4.17. The van der Waals surface area contributed by atoms with Crippen LogP contribution >= 0.6 is 23.2 Å². The highest BCUT2D eigenvalue weighted by atomic mass is 35.5. The van der Waals surface area contributed by atoms with Crippen LogP contribution in [0.5, 0.6) is 0 Å². The van der Waals surface area contributed by atoms with Crippen LogP contribution in [0.15, 0.2) is 18.2 Å². The van der Waals surface area contributed by atoms with Gasteiger partial charge in [-0.1, -0.05) is 23.2 Å². The SMILES string of the molecule is COC(=O)CC(C)(Nc1cc(Cl)cc(Cl)c1)C(=O)O. The van der Waals surface area contributed by atoms with Gasteiger partial charge in [-0.05, 0) is 25.1 Å². The number of ether oxygens (including phenoxy) is 1. The Labute approximate surface area is 120 Å². The normalized spacial score (nSPS) is 13.5. The van der Waals surface area contributed by atoms with Crippen molar-refractivity contribution in [2.75, 3.05) is 12.4 Å². The zero-order chi connectivity index (χ0) is 14.6. The molecule has 1 aromatic rings. The maximum atomic E-state index is 11.3. The monoisotopic (exact) mass is 305 g/mol. The molecule has 0 aliphatic rings. The summed E-state index contributed by atoms with van der Waals surface area (Å²) in [5.74, 6) is -1.82. The van der Waals surface area contributed by atoms with Crippen LogP contribution in [0, 0.1) is 0 Å². The van der Waals surface area contributed by atoms with E-state index in [0.29, 0.717) is 15.7 Å². The fourth-order valence-electron chi connectivity index (χ4n) is 1.48. The first-order chi connectivity index (χ1) is 8.76. The van der Waals surface area contributed by atoms with E-state index in [-0.39, 0.29) is 6.42 Å². The van der Waals surface area contributed by atoms with E-state index in [1.807, 2.05) is 0 Å². The lowest BCUT2D eigenvalue weighted by atomic mass is 9.97. The molecule has 0 heterocycles. The molecule has 7 heteroatoms. The zero-order valence-corrected chi connectivity index (χ0v) is 11.9. The lowest BCUT2D eigenvalue weighted by molar-refractivity contribution is -0.149. The van der Waals surface area contributed by atoms with E-state index in [1.54, 1.807) is 0 Å². The molecule has 0 bridgehead atoms. The van der Waals surface area contributed by atoms with Crippen molar-refractivity contribution >= 4 is 40.8 Å². The fraction of sp³-hybridized carbons (Fsp3) is 0.333. The second kappa shape index (κ2) is 6.12. The minimum atomic E-state index is -1.51. The molecule has 104 valence electrons. The molecule has 2 N–H and O–H groups in total. The van der Waals surface area contributed by atoms with Gasteiger partial charge in [-0.25, -0.2) is 4.79 Å². The standard InChI is InChI=1S/C12H13Cl2NO4/c1-12(11(17)18,6-10(16)19-2)15-9-4-7(13)3-8(14)5-9/h3-5,15H,6H2,1-2H3,(H,17,18). The number of esters is 1. The van der Waals surface area contributed by atoms with E-state index in [4.69, 9.17) is 23.2 Å². The van der Waals surface area contributed by atoms with Crippen LogP contribution in [0.3, 0.4) is 0 Å². The fourth-order valence-corrected chi connectivity index (χ4v) is 2.00. The van der Waals surface area contributed by atoms with Gasteiger partial charge < -0.3 is 15.2 Å². The molecule has 0 amide bonds. The van der Waals surface area contributed by atoms with Gasteiger partial charge in [0.05, 0.1) is 13.5 Å². The Morgan fingerprint density at radius 2 is 1.84 bits per heavy atom. The van der Waals surface area contributed by atoms with Gasteiger partial charge in [-0.3, -0.25) is 4.79 Å². The third-order valence-electron chi connectivity index (χ3n) is 2.48. The number of benzene rings is 1. The van der Waals surface area contributed by atoms with E-state index in [2.05, 4.69) is 10.1 Å². The molecule has 0 fully saturated rings. The molecule has 0 spiro atoms. The molecule has 0 aliphatic carbocycles. The first kappa shape index (κ1) is 15.6. The number of hydrogen-bond acceptors (Lipinski definition) is 4. The number of carbonyl (C=O) groups is 2. The summed E-state index contributed by atoms with van der Waals surface area (Å²) in [6, 6.07) is 4.56. The summed E-state index contributed by atoms with van der Waals surface area (Å²) in [6.45, 7) is 1.38. The van der Waals surface area contributed by atoms with Gasteiger partial charge in [-0.2, -0.15) is 0 Å². The van der Waals surface area contributed by atoms with Crippen molar-refractivity contribution in [3.05, 3.63) is 28.2 Å². The minimum Gasteiger partial charge on any atom is -0.480 e. The average Bonchev–Trinajstić information content (AvgIpc) is 2.26. The molecule has 0 aromatic heterocycles. The van der Waals surface area contributed by atoms with Crippen molar-refractivity contribution in [3.8, 4) is 0 Å². The van der Waals surface area contributed by atoms with Crippen molar-refractivity contribution in [3.63, 3.8) is 0 Å². The van der Waals surface area contributed by atoms with Crippen LogP contribution in [0.1, 0.15) is 13.3 Å². The van der Waals surface area contributed by atoms with E-state index >= 15 is 0 Å². The summed E-state index contributed by atoms with van der Waals surface area (Å²) in [6.07, 6.45) is -0.330. The van der Waals surface area contributed by atoms with E-state index < -0.39 is 17.5 Å². The van der Waals surface area contributed by atoms with Crippen LogP contribution in [0.2, 0.25) is 10.0 Å². The quantitative estimate of drug-likeness (QED) is 0.818. The summed E-state index contributed by atoms with van der Waals surface area (Å²) in [7, 11) is 1.20. The molecule has 1 unspecified atom stereocenters. The Balaban J connectivity index is 3.01. The topological polar surface area (TPSA) is 75.6 Å². The van der Waals surface area contributed by atoms with Gasteiger partial charge in [-0.15, -0.1) is 0 Å². The third-order valence-corrected chi connectivity index (χ3v) is 2.92. The molecular formula is C12H13Cl2NO4. The first-order valence-electron chi connectivity index (χ1n) is 5.31. The van der Waals surface area contributed by atoms with E-state index in [1.165, 1.54) is 32.2 Å². The molecule has 0 saturated carbocycles. The Morgan fingerprint density at radius 3 is 2.26 bits per heavy atom. The maximum absolute atomic E-state index is 11.3. The van der Waals surface area contributed by atoms with E-state index in [9.17, 15) is 14.7 Å². The van der Waals surface area contributed by atoms with Crippen molar-refractivity contribution in [1.29, 1.82) is 0 Å². The molecule has 1 aromatic carbocycles. The van der Waals surface area contributed by atoms with Crippen LogP contribution in [-0.4, -0.2) is 29.7 Å². The van der Waals surface area contributed by atoms with E-state index in [0.717, 1.165) is 0 Å². The first-order valence-corrected chi connectivity index (χ1v) is 6.07. The number of methoxy groups -OCH3 is 1. The van der Waals surface area contributed by atoms with Gasteiger partial charge in [0, 0.05) is 15.7 Å². The van der Waals surface area contributed by atoms with Crippen molar-refractivity contribution in [2.45, 2.75) is 18.9 Å². The van der Waals surface area contributed by atoms with Crippen LogP contribution in [0.25, 0.3) is 0 Å². The molecule has 5 nitrogen and oxygen atoms in total. The molecule has 19 heavy (non-hydrogen) atoms. The molecule has 1 atom stereocenters. The number of anilines is 1. The third kappa shape index (κ3) is 4.29. The lowest BCUT2D eigenvalue weighted by Gasteiger charge is -2.26. The second-order valence-corrected chi connectivity index (χ2v) is 5.05. The average molecular weight is 306 g/mol. The summed E-state index contributed by atoms with van der Waals surface area (Å²) < 4.78 is 4.49. The summed E-state index contributed by atoms with van der Waals surface area (Å²) in [5.41, 5.74) is -1.10. The summed E-state index contributed by atoms with van der Waals surface area (Å²) >= 11 is 11.7. The number of carboxylic acid groups (broad SMARTS) is 1. The van der Waals surface area contributed by atoms with Gasteiger partial charge in [0.25, 0.3) is 0 Å². The summed E-state index contributed by atoms with van der Waals surface area (Å²) in [4.78, 5) is 22.6. The number of nitrogens with one attached hydrogen (secondary N) is 1. The summed E-state index contributed by atoms with van der Waals surface area (Å²) in [5, 5.41) is 12.7. The van der Waals surface area contributed by atoms with Crippen molar-refractivity contribution in [1.82, 2.24) is 0 Å². The highest BCUT2D eigenvalue weighted by Crippen LogP contribution is 2.26. The Bertz CT molecular complexity index is 486. The van der Waals surface area contributed by atoms with Gasteiger partial charge in [0.2, 0.25) is 0 Å². The molecule has 0 saturated heterocycles. The van der Waals surface area contributed by atoms with Crippen LogP contribution in [0.4, 0.5) is 5.69 Å². The van der Waals surface area contributed by atoms with Gasteiger partial charge in [0.15, 0.2) is 0 Å². The smallest absolute Gasteiger partial charge is 0.329 e. The zero-order valence-electron chi connectivity index (χ0n) is 10.4. The number of rotatable bonds is 5. The predicted molar refractivity (Wildman–Crippen MR) is 72.8 cm³/mol. The van der Waals surface area contributed by atoms with Crippen LogP contribution < -0.4 is 5.32 Å². The number of hydrogen-bond donors (Lipinski definition) is 2. The molecule has 0 radical (unpaired) electrons. The highest BCUT2D eigenvalue weighted by Gasteiger charge is 2.36. The number of halogens is 2. The predicted octanol–water partition coefficient (Wildman–Crippen LogP) is 2.81. The van der Waals surface area contributed by atoms with Crippen LogP contribution in [-0.2, 0) is 14.3 Å². The minimum absolute atomic E-state index is 0.330. The number of aliphatic carboxylic acids is 1.